The maximum atomic E-state index is 12.8. The monoisotopic (exact) mass is 592 g/mol. The third-order valence-corrected chi connectivity index (χ3v) is 7.68. The molecule has 0 aliphatic carbocycles. The molecule has 8 heteroatoms. The SMILES string of the molecule is CCCCCCCC/C=C\CCCCCCCC(=O)NC/C=C/CC(CNC(=O)C1OC(C)(C)OCC1(C)C)C(=O)O. The Morgan fingerprint density at radius 3 is 2.05 bits per heavy atom. The molecule has 0 aromatic rings. The summed E-state index contributed by atoms with van der Waals surface area (Å²) in [6.07, 6.45) is 24.2. The van der Waals surface area contributed by atoms with Gasteiger partial charge in [0, 0.05) is 24.9 Å². The molecule has 0 radical (unpaired) electrons. The summed E-state index contributed by atoms with van der Waals surface area (Å²) in [5.74, 6) is -2.95. The molecular weight excluding hydrogens is 532 g/mol. The molecule has 42 heavy (non-hydrogen) atoms. The number of hydrogen-bond acceptors (Lipinski definition) is 5. The van der Waals surface area contributed by atoms with Crippen LogP contribution in [0.4, 0.5) is 0 Å². The number of unbranched alkanes of at least 4 members (excludes halogenated alkanes) is 11. The van der Waals surface area contributed by atoms with E-state index in [0.29, 0.717) is 19.6 Å². The van der Waals surface area contributed by atoms with Crippen molar-refractivity contribution in [3.05, 3.63) is 24.3 Å². The zero-order valence-corrected chi connectivity index (χ0v) is 27.2. The van der Waals surface area contributed by atoms with Gasteiger partial charge in [-0.15, -0.1) is 0 Å². The van der Waals surface area contributed by atoms with Crippen molar-refractivity contribution in [2.24, 2.45) is 11.3 Å². The fourth-order valence-corrected chi connectivity index (χ4v) is 4.87. The van der Waals surface area contributed by atoms with E-state index in [1.54, 1.807) is 26.0 Å². The zero-order chi connectivity index (χ0) is 31.3. The van der Waals surface area contributed by atoms with Crippen LogP contribution in [0, 0.1) is 11.3 Å². The van der Waals surface area contributed by atoms with Crippen molar-refractivity contribution in [2.45, 2.75) is 143 Å². The Morgan fingerprint density at radius 1 is 0.833 bits per heavy atom. The minimum Gasteiger partial charge on any atom is -0.481 e. The molecule has 0 aromatic heterocycles. The first-order valence-electron chi connectivity index (χ1n) is 16.4. The predicted octanol–water partition coefficient (Wildman–Crippen LogP) is 7.08. The largest absolute Gasteiger partial charge is 0.481 e. The van der Waals surface area contributed by atoms with E-state index in [4.69, 9.17) is 9.47 Å². The number of allylic oxidation sites excluding steroid dienone is 3. The highest BCUT2D eigenvalue weighted by atomic mass is 16.7. The molecule has 1 rings (SSSR count). The Balaban J connectivity index is 2.12. The summed E-state index contributed by atoms with van der Waals surface area (Å²) in [6, 6.07) is 0. The van der Waals surface area contributed by atoms with Crippen molar-refractivity contribution < 1.29 is 29.0 Å². The van der Waals surface area contributed by atoms with E-state index in [-0.39, 0.29) is 24.8 Å². The van der Waals surface area contributed by atoms with Crippen LogP contribution in [0.5, 0.6) is 0 Å². The first kappa shape index (κ1) is 37.8. The highest BCUT2D eigenvalue weighted by Crippen LogP contribution is 2.34. The molecule has 2 amide bonds. The zero-order valence-electron chi connectivity index (χ0n) is 27.2. The molecule has 3 N–H and O–H groups in total. The van der Waals surface area contributed by atoms with Crippen LogP contribution in [0.2, 0.25) is 0 Å². The smallest absolute Gasteiger partial charge is 0.308 e. The van der Waals surface area contributed by atoms with E-state index in [9.17, 15) is 19.5 Å². The van der Waals surface area contributed by atoms with Gasteiger partial charge in [-0.2, -0.15) is 0 Å². The lowest BCUT2D eigenvalue weighted by atomic mass is 9.85. The van der Waals surface area contributed by atoms with Gasteiger partial charge in [0.25, 0.3) is 0 Å². The van der Waals surface area contributed by atoms with Crippen LogP contribution in [0.15, 0.2) is 24.3 Å². The molecule has 1 aliphatic rings. The van der Waals surface area contributed by atoms with Crippen LogP contribution in [0.1, 0.15) is 131 Å². The van der Waals surface area contributed by atoms with E-state index in [0.717, 1.165) is 25.7 Å². The second-order valence-corrected chi connectivity index (χ2v) is 12.8. The van der Waals surface area contributed by atoms with Crippen LogP contribution in [0.3, 0.4) is 0 Å². The summed E-state index contributed by atoms with van der Waals surface area (Å²) >= 11 is 0. The molecule has 8 nitrogen and oxygen atoms in total. The number of aliphatic carboxylic acids is 1. The molecule has 0 aromatic carbocycles. The fourth-order valence-electron chi connectivity index (χ4n) is 4.87. The third kappa shape index (κ3) is 17.7. The van der Waals surface area contributed by atoms with Crippen molar-refractivity contribution in [1.29, 1.82) is 0 Å². The summed E-state index contributed by atoms with van der Waals surface area (Å²) in [5, 5.41) is 15.2. The van der Waals surface area contributed by atoms with E-state index >= 15 is 0 Å². The van der Waals surface area contributed by atoms with Gasteiger partial charge in [-0.1, -0.05) is 96.4 Å². The molecule has 0 saturated carbocycles. The standard InChI is InChI=1S/C34H60N2O6/c1-6-7-8-9-10-11-12-13-14-15-16-17-18-19-20-24-29(37)35-25-22-21-23-28(32(39)40)26-36-31(38)30-33(2,3)27-41-34(4,5)42-30/h13-14,21-22,28,30H,6-12,15-20,23-27H2,1-5H3,(H,35,37)(H,36,38)(H,39,40)/b14-13-,22-21+. The van der Waals surface area contributed by atoms with Gasteiger partial charge < -0.3 is 25.2 Å². The van der Waals surface area contributed by atoms with E-state index in [1.165, 1.54) is 57.8 Å². The maximum Gasteiger partial charge on any atom is 0.308 e. The summed E-state index contributed by atoms with van der Waals surface area (Å²) in [5.41, 5.74) is -0.527. The van der Waals surface area contributed by atoms with Gasteiger partial charge in [-0.25, -0.2) is 0 Å². The lowest BCUT2D eigenvalue weighted by Gasteiger charge is -2.44. The van der Waals surface area contributed by atoms with Crippen LogP contribution in [0.25, 0.3) is 0 Å². The number of carbonyl (C=O) groups excluding carboxylic acids is 2. The number of amides is 2. The Morgan fingerprint density at radius 2 is 1.43 bits per heavy atom. The van der Waals surface area contributed by atoms with Gasteiger partial charge in [0.2, 0.25) is 11.8 Å². The minimum atomic E-state index is -0.986. The normalized spacial score (nSPS) is 18.7. The Kier molecular flexibility index (Phi) is 19.4. The third-order valence-electron chi connectivity index (χ3n) is 7.68. The topological polar surface area (TPSA) is 114 Å². The molecule has 1 saturated heterocycles. The molecule has 1 heterocycles. The molecule has 0 bridgehead atoms. The maximum absolute atomic E-state index is 12.8. The molecule has 0 spiro atoms. The summed E-state index contributed by atoms with van der Waals surface area (Å²) < 4.78 is 11.5. The second kappa shape index (κ2) is 21.5. The quantitative estimate of drug-likeness (QED) is 0.0863. The van der Waals surface area contributed by atoms with Gasteiger partial charge in [0.15, 0.2) is 5.79 Å². The number of carboxylic acids is 1. The van der Waals surface area contributed by atoms with Crippen molar-refractivity contribution in [3.8, 4) is 0 Å². The van der Waals surface area contributed by atoms with Crippen LogP contribution >= 0.6 is 0 Å². The molecule has 1 fully saturated rings. The second-order valence-electron chi connectivity index (χ2n) is 12.8. The number of ether oxygens (including phenoxy) is 2. The van der Waals surface area contributed by atoms with E-state index < -0.39 is 29.2 Å². The van der Waals surface area contributed by atoms with E-state index in [2.05, 4.69) is 29.7 Å². The lowest BCUT2D eigenvalue weighted by Crippen LogP contribution is -2.57. The molecule has 2 atom stereocenters. The van der Waals surface area contributed by atoms with Crippen molar-refractivity contribution in [2.75, 3.05) is 19.7 Å². The van der Waals surface area contributed by atoms with Gasteiger partial charge in [0.1, 0.15) is 6.10 Å². The summed E-state index contributed by atoms with van der Waals surface area (Å²) in [4.78, 5) is 36.6. The predicted molar refractivity (Wildman–Crippen MR) is 169 cm³/mol. The van der Waals surface area contributed by atoms with E-state index in [1.807, 2.05) is 13.8 Å². The molecule has 2 unspecified atom stereocenters. The van der Waals surface area contributed by atoms with Crippen LogP contribution < -0.4 is 10.6 Å². The van der Waals surface area contributed by atoms with Gasteiger partial charge >= 0.3 is 5.97 Å². The van der Waals surface area contributed by atoms with Crippen molar-refractivity contribution in [3.63, 3.8) is 0 Å². The Bertz CT molecular complexity index is 836. The fraction of sp³-hybridized carbons (Fsp3) is 0.794. The van der Waals surface area contributed by atoms with Crippen LogP contribution in [-0.4, -0.2) is 54.5 Å². The first-order valence-corrected chi connectivity index (χ1v) is 16.4. The number of carboxylic acid groups (broad SMARTS) is 1. The Labute approximate surface area is 255 Å². The number of rotatable bonds is 23. The number of nitrogens with one attached hydrogen (secondary N) is 2. The Hall–Kier alpha value is -2.19. The van der Waals surface area contributed by atoms with Gasteiger partial charge in [-0.05, 0) is 52.4 Å². The van der Waals surface area contributed by atoms with Gasteiger partial charge in [0.05, 0.1) is 12.5 Å². The van der Waals surface area contributed by atoms with Crippen molar-refractivity contribution >= 4 is 17.8 Å². The van der Waals surface area contributed by atoms with Gasteiger partial charge in [-0.3, -0.25) is 14.4 Å². The van der Waals surface area contributed by atoms with Crippen molar-refractivity contribution in [1.82, 2.24) is 10.6 Å². The number of carbonyl (C=O) groups is 3. The van der Waals surface area contributed by atoms with Crippen LogP contribution in [-0.2, 0) is 23.9 Å². The minimum absolute atomic E-state index is 0.00241. The first-order chi connectivity index (χ1) is 20.0. The molecule has 242 valence electrons. The lowest BCUT2D eigenvalue weighted by molar-refractivity contribution is -0.304. The summed E-state index contributed by atoms with van der Waals surface area (Å²) in [7, 11) is 0. The number of hydrogen-bond donors (Lipinski definition) is 3. The molecular formula is C34H60N2O6. The summed E-state index contributed by atoms with van der Waals surface area (Å²) in [6.45, 7) is 10.3. The highest BCUT2D eigenvalue weighted by molar-refractivity contribution is 5.82. The molecule has 1 aliphatic heterocycles. The average molecular weight is 593 g/mol. The highest BCUT2D eigenvalue weighted by Gasteiger charge is 2.45. The average Bonchev–Trinajstić information content (AvgIpc) is 2.93.